The molecule has 0 saturated carbocycles. The van der Waals surface area contributed by atoms with E-state index in [0.717, 1.165) is 5.56 Å². The van der Waals surface area contributed by atoms with Crippen molar-refractivity contribution < 1.29 is 28.9 Å². The summed E-state index contributed by atoms with van der Waals surface area (Å²) in [5.74, 6) is 0.0755. The minimum Gasteiger partial charge on any atom is -0.493 e. The highest BCUT2D eigenvalue weighted by atomic mass is 16.5. The lowest BCUT2D eigenvalue weighted by Crippen LogP contribution is -2.36. The summed E-state index contributed by atoms with van der Waals surface area (Å²) < 4.78 is 16.1. The summed E-state index contributed by atoms with van der Waals surface area (Å²) in [6.45, 7) is 0.440. The van der Waals surface area contributed by atoms with Gasteiger partial charge >= 0.3 is 5.97 Å². The zero-order valence-corrected chi connectivity index (χ0v) is 15.8. The van der Waals surface area contributed by atoms with Crippen LogP contribution in [0, 0.1) is 0 Å². The van der Waals surface area contributed by atoms with Gasteiger partial charge in [0.25, 0.3) is 0 Å². The topological polar surface area (TPSA) is 94.1 Å². The predicted molar refractivity (Wildman–Crippen MR) is 102 cm³/mol. The predicted octanol–water partition coefficient (Wildman–Crippen LogP) is 2.90. The van der Waals surface area contributed by atoms with Gasteiger partial charge < -0.3 is 24.6 Å². The second-order valence-electron chi connectivity index (χ2n) is 6.50. The molecule has 148 valence electrons. The highest BCUT2D eigenvalue weighted by molar-refractivity contribution is 5.85. The fourth-order valence-electron chi connectivity index (χ4n) is 3.38. The molecule has 0 bridgehead atoms. The van der Waals surface area contributed by atoms with Crippen LogP contribution in [0.4, 0.5) is 0 Å². The molecule has 1 amide bonds. The minimum absolute atomic E-state index is 0.225. The molecule has 2 atom stereocenters. The lowest BCUT2D eigenvalue weighted by molar-refractivity contribution is -0.137. The third-order valence-corrected chi connectivity index (χ3v) is 4.78. The van der Waals surface area contributed by atoms with Crippen LogP contribution in [0.3, 0.4) is 0 Å². The van der Waals surface area contributed by atoms with Crippen LogP contribution in [-0.4, -0.2) is 37.8 Å². The lowest BCUT2D eigenvalue weighted by atomic mass is 9.91. The number of para-hydroxylation sites is 1. The Balaban J connectivity index is 1.86. The van der Waals surface area contributed by atoms with Crippen LogP contribution in [0.1, 0.15) is 35.9 Å². The Hall–Kier alpha value is -3.22. The van der Waals surface area contributed by atoms with Gasteiger partial charge in [0.15, 0.2) is 11.5 Å². The van der Waals surface area contributed by atoms with E-state index in [0.29, 0.717) is 35.8 Å². The largest absolute Gasteiger partial charge is 0.493 e. The molecule has 28 heavy (non-hydrogen) atoms. The average Bonchev–Trinajstić information content (AvgIpc) is 2.71. The molecule has 0 fully saturated rings. The van der Waals surface area contributed by atoms with Crippen molar-refractivity contribution in [3.63, 3.8) is 0 Å². The van der Waals surface area contributed by atoms with Gasteiger partial charge in [-0.15, -0.1) is 0 Å². The van der Waals surface area contributed by atoms with Gasteiger partial charge in [-0.1, -0.05) is 24.3 Å². The van der Waals surface area contributed by atoms with Crippen LogP contribution in [0.25, 0.3) is 0 Å². The first-order valence-electron chi connectivity index (χ1n) is 8.99. The van der Waals surface area contributed by atoms with Crippen molar-refractivity contribution in [2.45, 2.75) is 24.8 Å². The number of carbonyl (C=O) groups is 2. The number of benzene rings is 2. The molecule has 7 nitrogen and oxygen atoms in total. The molecule has 1 aliphatic rings. The summed E-state index contributed by atoms with van der Waals surface area (Å²) in [6.07, 6.45) is 0.292. The first kappa shape index (κ1) is 19.5. The van der Waals surface area contributed by atoms with E-state index in [1.807, 2.05) is 24.3 Å². The average molecular weight is 385 g/mol. The number of ether oxygens (including phenoxy) is 3. The number of methoxy groups -OCH3 is 2. The van der Waals surface area contributed by atoms with Crippen molar-refractivity contribution in [2.24, 2.45) is 0 Å². The number of carboxylic acids is 1. The molecular weight excluding hydrogens is 362 g/mol. The fraction of sp³-hybridized carbons (Fsp3) is 0.333. The number of hydrogen-bond donors (Lipinski definition) is 2. The van der Waals surface area contributed by atoms with E-state index in [-0.39, 0.29) is 18.2 Å². The van der Waals surface area contributed by atoms with Crippen molar-refractivity contribution >= 4 is 11.9 Å². The Morgan fingerprint density at radius 3 is 2.64 bits per heavy atom. The maximum absolute atomic E-state index is 13.0. The molecular formula is C21H23NO6. The Bertz CT molecular complexity index is 866. The smallest absolute Gasteiger partial charge is 0.305 e. The number of nitrogens with one attached hydrogen (secondary N) is 1. The number of aliphatic carboxylic acids is 1. The number of rotatable bonds is 7. The molecule has 1 heterocycles. The van der Waals surface area contributed by atoms with Gasteiger partial charge in [-0.2, -0.15) is 0 Å². The minimum atomic E-state index is -1.01. The van der Waals surface area contributed by atoms with Gasteiger partial charge in [-0.25, -0.2) is 0 Å². The second-order valence-corrected chi connectivity index (χ2v) is 6.50. The van der Waals surface area contributed by atoms with Gasteiger partial charge in [-0.05, 0) is 30.2 Å². The van der Waals surface area contributed by atoms with E-state index >= 15 is 0 Å². The van der Waals surface area contributed by atoms with Crippen LogP contribution in [0.15, 0.2) is 42.5 Å². The molecule has 3 rings (SSSR count). The summed E-state index contributed by atoms with van der Waals surface area (Å²) in [7, 11) is 3.03. The molecule has 2 aromatic rings. The van der Waals surface area contributed by atoms with Crippen LogP contribution < -0.4 is 19.5 Å². The van der Waals surface area contributed by atoms with Crippen LogP contribution in [0.5, 0.6) is 17.2 Å². The number of carboxylic acid groups (broad SMARTS) is 1. The zero-order chi connectivity index (χ0) is 20.1. The van der Waals surface area contributed by atoms with Crippen LogP contribution >= 0.6 is 0 Å². The number of fused-ring (bicyclic) bond motifs is 1. The zero-order valence-electron chi connectivity index (χ0n) is 15.8. The van der Waals surface area contributed by atoms with Gasteiger partial charge in [0.2, 0.25) is 5.91 Å². The fourth-order valence-corrected chi connectivity index (χ4v) is 3.38. The lowest BCUT2D eigenvalue weighted by Gasteiger charge is -2.27. The van der Waals surface area contributed by atoms with Gasteiger partial charge in [0, 0.05) is 5.56 Å². The summed E-state index contributed by atoms with van der Waals surface area (Å²) in [5, 5.41) is 12.2. The SMILES string of the molecule is COc1ccc([C@@H](CC(=O)O)NC(=O)[C@@H]2CCOc3ccccc32)cc1OC. The first-order valence-corrected chi connectivity index (χ1v) is 8.99. The number of carbonyl (C=O) groups excluding carboxylic acids is 1. The third-order valence-electron chi connectivity index (χ3n) is 4.78. The monoisotopic (exact) mass is 385 g/mol. The molecule has 0 spiro atoms. The normalized spacial score (nSPS) is 16.3. The molecule has 0 aromatic heterocycles. The van der Waals surface area contributed by atoms with Gasteiger partial charge in [0.05, 0.1) is 39.2 Å². The van der Waals surface area contributed by atoms with Crippen molar-refractivity contribution in [2.75, 3.05) is 20.8 Å². The Morgan fingerprint density at radius 2 is 1.93 bits per heavy atom. The van der Waals surface area contributed by atoms with E-state index in [4.69, 9.17) is 14.2 Å². The molecule has 2 aromatic carbocycles. The summed E-state index contributed by atoms with van der Waals surface area (Å²) in [6, 6.07) is 11.8. The van der Waals surface area contributed by atoms with E-state index in [1.165, 1.54) is 14.2 Å². The van der Waals surface area contributed by atoms with E-state index < -0.39 is 12.0 Å². The van der Waals surface area contributed by atoms with Crippen LogP contribution in [-0.2, 0) is 9.59 Å². The maximum Gasteiger partial charge on any atom is 0.305 e. The number of amides is 1. The molecule has 1 aliphatic heterocycles. The van der Waals surface area contributed by atoms with Crippen molar-refractivity contribution in [3.8, 4) is 17.2 Å². The quantitative estimate of drug-likeness (QED) is 0.761. The first-order chi connectivity index (χ1) is 13.5. The third kappa shape index (κ3) is 4.19. The van der Waals surface area contributed by atoms with Gasteiger partial charge in [-0.3, -0.25) is 9.59 Å². The van der Waals surface area contributed by atoms with E-state index in [1.54, 1.807) is 18.2 Å². The summed E-state index contributed by atoms with van der Waals surface area (Å²) in [4.78, 5) is 24.4. The Kier molecular flexibility index (Phi) is 6.03. The van der Waals surface area contributed by atoms with E-state index in [9.17, 15) is 14.7 Å². The molecule has 0 aliphatic carbocycles. The number of hydrogen-bond acceptors (Lipinski definition) is 5. The summed E-state index contributed by atoms with van der Waals surface area (Å²) >= 11 is 0. The van der Waals surface area contributed by atoms with Crippen LogP contribution in [0.2, 0.25) is 0 Å². The second kappa shape index (κ2) is 8.65. The molecule has 7 heteroatoms. The Morgan fingerprint density at radius 1 is 1.18 bits per heavy atom. The van der Waals surface area contributed by atoms with Crippen molar-refractivity contribution in [1.82, 2.24) is 5.32 Å². The molecule has 0 unspecified atom stereocenters. The maximum atomic E-state index is 13.0. The summed E-state index contributed by atoms with van der Waals surface area (Å²) in [5.41, 5.74) is 1.45. The van der Waals surface area contributed by atoms with E-state index in [2.05, 4.69) is 5.32 Å². The van der Waals surface area contributed by atoms with Crippen molar-refractivity contribution in [1.29, 1.82) is 0 Å². The highest BCUT2D eigenvalue weighted by Crippen LogP contribution is 2.35. The molecule has 2 N–H and O–H groups in total. The Labute approximate surface area is 163 Å². The highest BCUT2D eigenvalue weighted by Gasteiger charge is 2.30. The van der Waals surface area contributed by atoms with Crippen molar-refractivity contribution in [3.05, 3.63) is 53.6 Å². The standard InChI is InChI=1S/C21H23NO6/c1-26-18-8-7-13(11-19(18)27-2)16(12-20(23)24)22-21(25)15-9-10-28-17-6-4-3-5-14(15)17/h3-8,11,15-16H,9-10,12H2,1-2H3,(H,22,25)(H,23,24)/t15-,16-/m1/s1. The van der Waals surface area contributed by atoms with Gasteiger partial charge in [0.1, 0.15) is 5.75 Å². The molecule has 0 radical (unpaired) electrons. The molecule has 0 saturated heterocycles.